The van der Waals surface area contributed by atoms with Crippen LogP contribution in [0.15, 0.2) is 46.2 Å². The average Bonchev–Trinajstić information content (AvgIpc) is 2.78. The fourth-order valence-corrected chi connectivity index (χ4v) is 5.84. The van der Waals surface area contributed by atoms with Crippen LogP contribution in [-0.4, -0.2) is 56.8 Å². The molecule has 9 heteroatoms. The molecule has 3 rings (SSSR count). The summed E-state index contributed by atoms with van der Waals surface area (Å²) in [6.07, 6.45) is 1.08. The van der Waals surface area contributed by atoms with E-state index in [0.717, 1.165) is 47.1 Å². The van der Waals surface area contributed by atoms with Gasteiger partial charge in [-0.3, -0.25) is 0 Å². The second kappa shape index (κ2) is 11.3. The molecule has 2 aromatic carbocycles. The van der Waals surface area contributed by atoms with E-state index in [9.17, 15) is 8.42 Å². The van der Waals surface area contributed by atoms with E-state index in [0.29, 0.717) is 23.0 Å². The van der Waals surface area contributed by atoms with Gasteiger partial charge in [0.05, 0.1) is 17.5 Å². The van der Waals surface area contributed by atoms with Crippen LogP contribution in [0.1, 0.15) is 40.2 Å². The molecule has 0 spiro atoms. The van der Waals surface area contributed by atoms with E-state index in [1.165, 1.54) is 0 Å². The average molecular weight is 522 g/mol. The molecule has 0 amide bonds. The Morgan fingerprint density at radius 3 is 2.41 bits per heavy atom. The van der Waals surface area contributed by atoms with E-state index in [2.05, 4.69) is 61.9 Å². The molecule has 0 radical (unpaired) electrons. The first-order valence-corrected chi connectivity index (χ1v) is 14.7. The molecule has 1 N–H and O–H groups in total. The van der Waals surface area contributed by atoms with Crippen LogP contribution in [-0.2, 0) is 10.1 Å². The first-order valence-electron chi connectivity index (χ1n) is 11.7. The lowest BCUT2D eigenvalue weighted by atomic mass is 10.1. The molecule has 0 unspecified atom stereocenters. The van der Waals surface area contributed by atoms with Gasteiger partial charge in [-0.25, -0.2) is 0 Å². The highest BCUT2D eigenvalue weighted by molar-refractivity contribution is 7.99. The van der Waals surface area contributed by atoms with Crippen molar-refractivity contribution in [2.75, 3.05) is 37.3 Å². The maximum atomic E-state index is 12.4. The van der Waals surface area contributed by atoms with Crippen LogP contribution in [0.4, 0.5) is 11.4 Å². The smallest absolute Gasteiger partial charge is 0.306 e. The van der Waals surface area contributed by atoms with Gasteiger partial charge in [0.2, 0.25) is 0 Å². The Hall–Kier alpha value is -1.81. The van der Waals surface area contributed by atoms with Gasteiger partial charge in [0.1, 0.15) is 10.7 Å². The Labute approximate surface area is 214 Å². The SMILES string of the molecule is CCN(CC)C[C@H](C)N1c2ccccc2Sc2ccc(C(=S)NCC(C)C)c(OS(C)(=O)=O)c21. The largest absolute Gasteiger partial charge is 0.380 e. The number of anilines is 2. The van der Waals surface area contributed by atoms with Crippen molar-refractivity contribution >= 4 is 50.5 Å². The van der Waals surface area contributed by atoms with Crippen LogP contribution in [0.5, 0.6) is 5.75 Å². The Kier molecular flexibility index (Phi) is 8.89. The highest BCUT2D eigenvalue weighted by atomic mass is 32.2. The Morgan fingerprint density at radius 1 is 1.12 bits per heavy atom. The minimum Gasteiger partial charge on any atom is -0.380 e. The van der Waals surface area contributed by atoms with Gasteiger partial charge >= 0.3 is 10.1 Å². The summed E-state index contributed by atoms with van der Waals surface area (Å²) in [5.41, 5.74) is 2.37. The molecule has 186 valence electrons. The molecule has 1 heterocycles. The van der Waals surface area contributed by atoms with Crippen molar-refractivity contribution in [1.82, 2.24) is 10.2 Å². The monoisotopic (exact) mass is 521 g/mol. The minimum atomic E-state index is -3.79. The summed E-state index contributed by atoms with van der Waals surface area (Å²) in [5, 5.41) is 3.27. The zero-order valence-electron chi connectivity index (χ0n) is 20.8. The number of benzene rings is 2. The van der Waals surface area contributed by atoms with Crippen molar-refractivity contribution in [3.05, 3.63) is 42.0 Å². The Bertz CT molecular complexity index is 1130. The first kappa shape index (κ1) is 26.8. The van der Waals surface area contributed by atoms with E-state index in [4.69, 9.17) is 16.4 Å². The van der Waals surface area contributed by atoms with Gasteiger partial charge in [-0.15, -0.1) is 0 Å². The summed E-state index contributed by atoms with van der Waals surface area (Å²) in [4.78, 5) is 7.13. The van der Waals surface area contributed by atoms with Gasteiger partial charge in [0, 0.05) is 28.9 Å². The van der Waals surface area contributed by atoms with Gasteiger partial charge < -0.3 is 19.3 Å². The number of nitrogens with one attached hydrogen (secondary N) is 1. The molecule has 1 aliphatic rings. The predicted octanol–water partition coefficient (Wildman–Crippen LogP) is 5.28. The van der Waals surface area contributed by atoms with Crippen LogP contribution in [0.3, 0.4) is 0 Å². The minimum absolute atomic E-state index is 0.0649. The third-order valence-corrected chi connectivity index (χ3v) is 7.64. The molecule has 0 saturated heterocycles. The van der Waals surface area contributed by atoms with Crippen LogP contribution >= 0.6 is 24.0 Å². The second-order valence-electron chi connectivity index (χ2n) is 8.95. The van der Waals surface area contributed by atoms with Crippen molar-refractivity contribution in [1.29, 1.82) is 0 Å². The lowest BCUT2D eigenvalue weighted by molar-refractivity contribution is 0.287. The normalized spacial score (nSPS) is 14.1. The summed E-state index contributed by atoms with van der Waals surface area (Å²) in [6.45, 7) is 14.1. The van der Waals surface area contributed by atoms with Crippen molar-refractivity contribution in [2.45, 2.75) is 50.5 Å². The number of hydrogen-bond donors (Lipinski definition) is 1. The van der Waals surface area contributed by atoms with Crippen molar-refractivity contribution in [2.24, 2.45) is 5.92 Å². The van der Waals surface area contributed by atoms with Crippen LogP contribution < -0.4 is 14.4 Å². The molecular formula is C25H35N3O3S3. The lowest BCUT2D eigenvalue weighted by Gasteiger charge is -2.40. The maximum absolute atomic E-state index is 12.4. The highest BCUT2D eigenvalue weighted by Crippen LogP contribution is 2.53. The molecule has 0 saturated carbocycles. The van der Waals surface area contributed by atoms with Gasteiger partial charge in [-0.2, -0.15) is 8.42 Å². The predicted molar refractivity (Wildman–Crippen MR) is 146 cm³/mol. The maximum Gasteiger partial charge on any atom is 0.306 e. The van der Waals surface area contributed by atoms with Gasteiger partial charge in [-0.1, -0.05) is 63.8 Å². The summed E-state index contributed by atoms with van der Waals surface area (Å²) in [5.74, 6) is 0.678. The molecule has 1 atom stereocenters. The third-order valence-electron chi connectivity index (χ3n) is 5.69. The number of para-hydroxylation sites is 1. The lowest BCUT2D eigenvalue weighted by Crippen LogP contribution is -2.41. The van der Waals surface area contributed by atoms with Gasteiger partial charge in [0.25, 0.3) is 0 Å². The fourth-order valence-electron chi connectivity index (χ4n) is 4.05. The van der Waals surface area contributed by atoms with E-state index in [1.54, 1.807) is 11.8 Å². The molecule has 2 aromatic rings. The molecule has 0 aromatic heterocycles. The molecule has 6 nitrogen and oxygen atoms in total. The zero-order chi connectivity index (χ0) is 25.0. The number of fused-ring (bicyclic) bond motifs is 2. The van der Waals surface area contributed by atoms with E-state index < -0.39 is 10.1 Å². The fraction of sp³-hybridized carbons (Fsp3) is 0.480. The van der Waals surface area contributed by atoms with Crippen molar-refractivity contribution in [3.63, 3.8) is 0 Å². The van der Waals surface area contributed by atoms with Crippen molar-refractivity contribution < 1.29 is 12.6 Å². The first-order chi connectivity index (χ1) is 16.1. The summed E-state index contributed by atoms with van der Waals surface area (Å²) >= 11 is 7.31. The molecule has 0 fully saturated rings. The van der Waals surface area contributed by atoms with Crippen LogP contribution in [0, 0.1) is 5.92 Å². The third kappa shape index (κ3) is 6.24. The Balaban J connectivity index is 2.20. The number of hydrogen-bond acceptors (Lipinski definition) is 7. The summed E-state index contributed by atoms with van der Waals surface area (Å²) in [7, 11) is -3.79. The Morgan fingerprint density at radius 2 is 1.79 bits per heavy atom. The number of likely N-dealkylation sites (N-methyl/N-ethyl adjacent to an activating group) is 1. The van der Waals surface area contributed by atoms with Crippen LogP contribution in [0.2, 0.25) is 0 Å². The van der Waals surface area contributed by atoms with E-state index in [1.807, 2.05) is 24.3 Å². The molecule has 34 heavy (non-hydrogen) atoms. The topological polar surface area (TPSA) is 61.9 Å². The highest BCUT2D eigenvalue weighted by Gasteiger charge is 2.33. The molecule has 1 aliphatic heterocycles. The van der Waals surface area contributed by atoms with Crippen LogP contribution in [0.25, 0.3) is 0 Å². The summed E-state index contributed by atoms with van der Waals surface area (Å²) in [6, 6.07) is 12.2. The number of nitrogens with zero attached hydrogens (tertiary/aromatic N) is 2. The number of rotatable bonds is 10. The second-order valence-corrected chi connectivity index (χ2v) is 12.0. The molecule has 0 aliphatic carbocycles. The van der Waals surface area contributed by atoms with Gasteiger partial charge in [-0.05, 0) is 50.2 Å². The quantitative estimate of drug-likeness (QED) is 0.335. The molecular weight excluding hydrogens is 486 g/mol. The van der Waals surface area contributed by atoms with Gasteiger partial charge in [0.15, 0.2) is 5.75 Å². The number of thiocarbonyl (C=S) groups is 1. The molecule has 0 bridgehead atoms. The van der Waals surface area contributed by atoms with E-state index >= 15 is 0 Å². The van der Waals surface area contributed by atoms with Crippen molar-refractivity contribution in [3.8, 4) is 5.75 Å². The zero-order valence-corrected chi connectivity index (χ0v) is 23.2. The summed E-state index contributed by atoms with van der Waals surface area (Å²) < 4.78 is 30.5. The van der Waals surface area contributed by atoms with E-state index in [-0.39, 0.29) is 11.8 Å². The standard InChI is InChI=1S/C25H35N3O3S3/c1-7-27(8-2)16-18(5)28-20-11-9-10-12-21(20)33-22-14-13-19(25(32)26-15-17(3)4)24(23(22)28)31-34(6,29)30/h9-14,17-18H,7-8,15-16H2,1-6H3,(H,26,32)/t18-/m0/s1.